The van der Waals surface area contributed by atoms with E-state index in [-0.39, 0.29) is 0 Å². The van der Waals surface area contributed by atoms with Gasteiger partial charge in [-0.1, -0.05) is 26.0 Å². The van der Waals surface area contributed by atoms with Crippen molar-refractivity contribution in [2.75, 3.05) is 13.7 Å². The molecule has 1 saturated carbocycles. The van der Waals surface area contributed by atoms with Crippen molar-refractivity contribution in [2.45, 2.75) is 52.0 Å². The predicted molar refractivity (Wildman–Crippen MR) is 80.8 cm³/mol. The molecule has 0 aromatic heterocycles. The molecule has 2 unspecified atom stereocenters. The first-order chi connectivity index (χ1) is 9.21. The highest BCUT2D eigenvalue weighted by Crippen LogP contribution is 2.57. The van der Waals surface area contributed by atoms with Crippen LogP contribution in [0.4, 0.5) is 0 Å². The maximum atomic E-state index is 5.53. The molecule has 2 atom stereocenters. The van der Waals surface area contributed by atoms with Gasteiger partial charge >= 0.3 is 0 Å². The van der Waals surface area contributed by atoms with Crippen LogP contribution in [0.3, 0.4) is 0 Å². The molecule has 1 aromatic carbocycles. The molecule has 1 aliphatic rings. The summed E-state index contributed by atoms with van der Waals surface area (Å²) < 4.78 is 5.53. The summed E-state index contributed by atoms with van der Waals surface area (Å²) in [6, 6.07) is 9.39. The van der Waals surface area contributed by atoms with E-state index < -0.39 is 0 Å². The molecule has 0 heterocycles. The standard InChI is InChI=1S/C17H27NO/c1-5-17(6-2)15(12-16(17)18-4)13-8-10-14(11-9-13)19-7-3/h8-11,15-16,18H,5-7,12H2,1-4H3. The second-order valence-corrected chi connectivity index (χ2v) is 5.57. The second kappa shape index (κ2) is 5.96. The van der Waals surface area contributed by atoms with Crippen LogP contribution in [0.5, 0.6) is 5.75 Å². The molecule has 0 aliphatic heterocycles. The maximum absolute atomic E-state index is 5.53. The fraction of sp³-hybridized carbons (Fsp3) is 0.647. The van der Waals surface area contributed by atoms with E-state index in [1.807, 2.05) is 6.92 Å². The van der Waals surface area contributed by atoms with Crippen molar-refractivity contribution in [2.24, 2.45) is 5.41 Å². The Labute approximate surface area is 117 Å². The highest BCUT2D eigenvalue weighted by Gasteiger charge is 2.52. The summed E-state index contributed by atoms with van der Waals surface area (Å²) >= 11 is 0. The first-order valence-corrected chi connectivity index (χ1v) is 7.61. The molecule has 0 amide bonds. The molecule has 1 aliphatic carbocycles. The Kier molecular flexibility index (Phi) is 4.51. The Balaban J connectivity index is 2.17. The van der Waals surface area contributed by atoms with Crippen LogP contribution in [0.15, 0.2) is 24.3 Å². The summed E-state index contributed by atoms with van der Waals surface area (Å²) in [4.78, 5) is 0. The van der Waals surface area contributed by atoms with E-state index in [9.17, 15) is 0 Å². The van der Waals surface area contributed by atoms with Gasteiger partial charge in [-0.3, -0.25) is 0 Å². The minimum Gasteiger partial charge on any atom is -0.494 e. The first kappa shape index (κ1) is 14.4. The van der Waals surface area contributed by atoms with Crippen molar-refractivity contribution in [3.8, 4) is 5.75 Å². The Hall–Kier alpha value is -1.02. The van der Waals surface area contributed by atoms with Crippen LogP contribution < -0.4 is 10.1 Å². The molecule has 0 bridgehead atoms. The lowest BCUT2D eigenvalue weighted by Gasteiger charge is -2.56. The van der Waals surface area contributed by atoms with Crippen LogP contribution in [0.25, 0.3) is 0 Å². The van der Waals surface area contributed by atoms with Crippen LogP contribution in [0.1, 0.15) is 51.5 Å². The van der Waals surface area contributed by atoms with Crippen LogP contribution in [0, 0.1) is 5.41 Å². The maximum Gasteiger partial charge on any atom is 0.119 e. The van der Waals surface area contributed by atoms with Gasteiger partial charge in [0, 0.05) is 6.04 Å². The summed E-state index contributed by atoms with van der Waals surface area (Å²) in [6.45, 7) is 7.41. The molecular weight excluding hydrogens is 234 g/mol. The van der Waals surface area contributed by atoms with Gasteiger partial charge in [0.25, 0.3) is 0 Å². The summed E-state index contributed by atoms with van der Waals surface area (Å²) in [5, 5.41) is 3.50. The third-order valence-corrected chi connectivity index (χ3v) is 5.12. The molecule has 0 spiro atoms. The van der Waals surface area contributed by atoms with E-state index in [0.717, 1.165) is 12.4 Å². The third-order valence-electron chi connectivity index (χ3n) is 5.12. The zero-order valence-corrected chi connectivity index (χ0v) is 12.7. The van der Waals surface area contributed by atoms with Crippen LogP contribution in [-0.4, -0.2) is 19.7 Å². The molecule has 0 saturated heterocycles. The van der Waals surface area contributed by atoms with Gasteiger partial charge in [0.2, 0.25) is 0 Å². The fourth-order valence-corrected chi connectivity index (χ4v) is 3.86. The topological polar surface area (TPSA) is 21.3 Å². The van der Waals surface area contributed by atoms with Crippen LogP contribution in [-0.2, 0) is 0 Å². The molecule has 2 nitrogen and oxygen atoms in total. The zero-order chi connectivity index (χ0) is 13.9. The van der Waals surface area contributed by atoms with Gasteiger partial charge in [-0.2, -0.15) is 0 Å². The van der Waals surface area contributed by atoms with E-state index in [1.165, 1.54) is 24.8 Å². The minimum atomic E-state index is 0.432. The first-order valence-electron chi connectivity index (χ1n) is 7.61. The van der Waals surface area contributed by atoms with Gasteiger partial charge in [0.15, 0.2) is 0 Å². The number of benzene rings is 1. The van der Waals surface area contributed by atoms with Crippen molar-refractivity contribution in [3.63, 3.8) is 0 Å². The van der Waals surface area contributed by atoms with Crippen molar-refractivity contribution in [3.05, 3.63) is 29.8 Å². The largest absolute Gasteiger partial charge is 0.494 e. The summed E-state index contributed by atoms with van der Waals surface area (Å²) in [5.41, 5.74) is 1.90. The quantitative estimate of drug-likeness (QED) is 0.836. The van der Waals surface area contributed by atoms with E-state index in [4.69, 9.17) is 4.74 Å². The van der Waals surface area contributed by atoms with E-state index in [2.05, 4.69) is 50.5 Å². The van der Waals surface area contributed by atoms with Gasteiger partial charge in [-0.25, -0.2) is 0 Å². The molecule has 1 aromatic rings. The van der Waals surface area contributed by atoms with Crippen LogP contribution in [0.2, 0.25) is 0 Å². The Morgan fingerprint density at radius 1 is 1.16 bits per heavy atom. The molecule has 1 N–H and O–H groups in total. The number of hydrogen-bond acceptors (Lipinski definition) is 2. The molecule has 2 rings (SSSR count). The van der Waals surface area contributed by atoms with Gasteiger partial charge < -0.3 is 10.1 Å². The smallest absolute Gasteiger partial charge is 0.119 e. The number of nitrogens with one attached hydrogen (secondary N) is 1. The summed E-state index contributed by atoms with van der Waals surface area (Å²) in [6.07, 6.45) is 3.74. The zero-order valence-electron chi connectivity index (χ0n) is 12.7. The fourth-order valence-electron chi connectivity index (χ4n) is 3.86. The summed E-state index contributed by atoms with van der Waals surface area (Å²) in [7, 11) is 2.10. The number of ether oxygens (including phenoxy) is 1. The molecule has 106 valence electrons. The normalized spacial score (nSPS) is 24.8. The molecular formula is C17H27NO. The lowest BCUT2D eigenvalue weighted by molar-refractivity contribution is 0.0245. The van der Waals surface area contributed by atoms with E-state index >= 15 is 0 Å². The lowest BCUT2D eigenvalue weighted by atomic mass is 9.52. The van der Waals surface area contributed by atoms with Crippen LogP contribution >= 0.6 is 0 Å². The summed E-state index contributed by atoms with van der Waals surface area (Å²) in [5.74, 6) is 1.67. The Morgan fingerprint density at radius 3 is 2.26 bits per heavy atom. The average molecular weight is 261 g/mol. The van der Waals surface area contributed by atoms with Crippen molar-refractivity contribution < 1.29 is 4.74 Å². The second-order valence-electron chi connectivity index (χ2n) is 5.57. The van der Waals surface area contributed by atoms with Crippen molar-refractivity contribution in [1.29, 1.82) is 0 Å². The van der Waals surface area contributed by atoms with Gasteiger partial charge in [-0.05, 0) is 62.3 Å². The Morgan fingerprint density at radius 2 is 1.79 bits per heavy atom. The number of hydrogen-bond donors (Lipinski definition) is 1. The predicted octanol–water partition coefficient (Wildman–Crippen LogP) is 3.97. The highest BCUT2D eigenvalue weighted by atomic mass is 16.5. The van der Waals surface area contributed by atoms with Crippen molar-refractivity contribution in [1.82, 2.24) is 5.32 Å². The molecule has 1 fully saturated rings. The SMILES string of the molecule is CCOc1ccc(C2CC(NC)C2(CC)CC)cc1. The molecule has 0 radical (unpaired) electrons. The van der Waals surface area contributed by atoms with Gasteiger partial charge in [0.05, 0.1) is 6.61 Å². The van der Waals surface area contributed by atoms with Gasteiger partial charge in [-0.15, -0.1) is 0 Å². The highest BCUT2D eigenvalue weighted by molar-refractivity contribution is 5.33. The molecule has 2 heteroatoms. The Bertz CT molecular complexity index is 394. The third kappa shape index (κ3) is 2.38. The van der Waals surface area contributed by atoms with Gasteiger partial charge in [0.1, 0.15) is 5.75 Å². The van der Waals surface area contributed by atoms with Crippen molar-refractivity contribution >= 4 is 0 Å². The average Bonchev–Trinajstić information content (AvgIpc) is 2.42. The lowest BCUT2D eigenvalue weighted by Crippen LogP contribution is -2.57. The van der Waals surface area contributed by atoms with E-state index in [1.54, 1.807) is 0 Å². The molecule has 19 heavy (non-hydrogen) atoms. The monoisotopic (exact) mass is 261 g/mol. The number of rotatable bonds is 6. The van der Waals surface area contributed by atoms with E-state index in [0.29, 0.717) is 17.4 Å². The minimum absolute atomic E-state index is 0.432.